The minimum atomic E-state index is -3.54. The molecule has 1 N–H and O–H groups in total. The topological polar surface area (TPSA) is 75.7 Å². The van der Waals surface area contributed by atoms with Gasteiger partial charge in [0.25, 0.3) is 5.91 Å². The predicted molar refractivity (Wildman–Crippen MR) is 129 cm³/mol. The molecular formula is C26H30N2O4S. The maximum atomic E-state index is 13.0. The van der Waals surface area contributed by atoms with Gasteiger partial charge in [-0.3, -0.25) is 4.79 Å². The maximum Gasteiger partial charge on any atom is 0.261 e. The van der Waals surface area contributed by atoms with E-state index in [0.717, 1.165) is 24.0 Å². The second kappa shape index (κ2) is 12.2. The molecule has 0 aliphatic carbocycles. The second-order valence-electron chi connectivity index (χ2n) is 7.73. The molecule has 0 heterocycles. The number of carbonyl (C=O) groups excluding carboxylic acids is 1. The molecule has 0 saturated heterocycles. The Morgan fingerprint density at radius 2 is 1.39 bits per heavy atom. The SMILES string of the molecule is CCCCNS(=O)(=O)c1ccc(OCC(=O)N(Cc2ccccc2)Cc2ccccc2)cc1. The van der Waals surface area contributed by atoms with Crippen LogP contribution in [-0.2, 0) is 27.9 Å². The van der Waals surface area contributed by atoms with Crippen LogP contribution in [0.2, 0.25) is 0 Å². The number of ether oxygens (including phenoxy) is 1. The van der Waals surface area contributed by atoms with Crippen molar-refractivity contribution in [3.63, 3.8) is 0 Å². The Bertz CT molecular complexity index is 1060. The molecule has 3 aromatic carbocycles. The zero-order valence-corrected chi connectivity index (χ0v) is 19.6. The Balaban J connectivity index is 1.63. The van der Waals surface area contributed by atoms with E-state index in [1.165, 1.54) is 12.1 Å². The fourth-order valence-electron chi connectivity index (χ4n) is 3.26. The van der Waals surface area contributed by atoms with Crippen molar-refractivity contribution in [1.29, 1.82) is 0 Å². The van der Waals surface area contributed by atoms with Crippen LogP contribution in [0.4, 0.5) is 0 Å². The highest BCUT2D eigenvalue weighted by molar-refractivity contribution is 7.89. The number of unbranched alkanes of at least 4 members (excludes halogenated alkanes) is 1. The molecule has 0 bridgehead atoms. The molecule has 1 amide bonds. The van der Waals surface area contributed by atoms with Crippen molar-refractivity contribution in [3.8, 4) is 5.75 Å². The van der Waals surface area contributed by atoms with Crippen LogP contribution in [0, 0.1) is 0 Å². The molecule has 0 unspecified atom stereocenters. The van der Waals surface area contributed by atoms with Crippen molar-refractivity contribution in [2.45, 2.75) is 37.8 Å². The molecule has 3 rings (SSSR count). The summed E-state index contributed by atoms with van der Waals surface area (Å²) in [6.07, 6.45) is 1.69. The van der Waals surface area contributed by atoms with Gasteiger partial charge in [-0.25, -0.2) is 13.1 Å². The summed E-state index contributed by atoms with van der Waals surface area (Å²) in [4.78, 5) is 14.9. The van der Waals surface area contributed by atoms with Crippen LogP contribution in [0.3, 0.4) is 0 Å². The van der Waals surface area contributed by atoms with E-state index in [4.69, 9.17) is 4.74 Å². The lowest BCUT2D eigenvalue weighted by Crippen LogP contribution is -2.34. The maximum absolute atomic E-state index is 13.0. The molecule has 33 heavy (non-hydrogen) atoms. The zero-order valence-electron chi connectivity index (χ0n) is 18.8. The molecule has 0 aliphatic rings. The van der Waals surface area contributed by atoms with Gasteiger partial charge >= 0.3 is 0 Å². The third-order valence-corrected chi connectivity index (χ3v) is 6.58. The summed E-state index contributed by atoms with van der Waals surface area (Å²) in [7, 11) is -3.54. The van der Waals surface area contributed by atoms with E-state index >= 15 is 0 Å². The Hall–Kier alpha value is -3.16. The fourth-order valence-corrected chi connectivity index (χ4v) is 4.33. The third-order valence-electron chi connectivity index (χ3n) is 5.10. The first-order valence-electron chi connectivity index (χ1n) is 11.1. The summed E-state index contributed by atoms with van der Waals surface area (Å²) >= 11 is 0. The van der Waals surface area contributed by atoms with E-state index in [-0.39, 0.29) is 17.4 Å². The minimum absolute atomic E-state index is 0.138. The van der Waals surface area contributed by atoms with Crippen molar-refractivity contribution in [2.75, 3.05) is 13.2 Å². The van der Waals surface area contributed by atoms with Crippen LogP contribution >= 0.6 is 0 Å². The number of nitrogens with one attached hydrogen (secondary N) is 1. The van der Waals surface area contributed by atoms with Crippen molar-refractivity contribution in [1.82, 2.24) is 9.62 Å². The summed E-state index contributed by atoms with van der Waals surface area (Å²) in [6.45, 7) is 3.21. The average Bonchev–Trinajstić information content (AvgIpc) is 2.84. The fraction of sp³-hybridized carbons (Fsp3) is 0.269. The number of benzene rings is 3. The van der Waals surface area contributed by atoms with E-state index in [1.54, 1.807) is 17.0 Å². The second-order valence-corrected chi connectivity index (χ2v) is 9.50. The molecule has 3 aromatic rings. The van der Waals surface area contributed by atoms with E-state index < -0.39 is 10.0 Å². The van der Waals surface area contributed by atoms with Gasteiger partial charge in [0.05, 0.1) is 4.90 Å². The monoisotopic (exact) mass is 466 g/mol. The van der Waals surface area contributed by atoms with Gasteiger partial charge in [0.2, 0.25) is 10.0 Å². The van der Waals surface area contributed by atoms with Crippen LogP contribution in [-0.4, -0.2) is 32.4 Å². The minimum Gasteiger partial charge on any atom is -0.484 e. The first kappa shape index (κ1) is 24.5. The molecule has 0 atom stereocenters. The molecule has 174 valence electrons. The van der Waals surface area contributed by atoms with E-state index in [0.29, 0.717) is 25.4 Å². The highest BCUT2D eigenvalue weighted by atomic mass is 32.2. The smallest absolute Gasteiger partial charge is 0.261 e. The Kier molecular flexibility index (Phi) is 9.04. The van der Waals surface area contributed by atoms with Gasteiger partial charge < -0.3 is 9.64 Å². The zero-order chi connectivity index (χ0) is 23.5. The molecule has 0 radical (unpaired) electrons. The Morgan fingerprint density at radius 1 is 0.848 bits per heavy atom. The summed E-state index contributed by atoms with van der Waals surface area (Å²) in [5, 5.41) is 0. The molecule has 0 aromatic heterocycles. The number of hydrogen-bond acceptors (Lipinski definition) is 4. The molecule has 0 saturated carbocycles. The summed E-state index contributed by atoms with van der Waals surface area (Å²) in [5.74, 6) is 0.288. The molecule has 0 spiro atoms. The van der Waals surface area contributed by atoms with Gasteiger partial charge in [-0.05, 0) is 41.8 Å². The highest BCUT2D eigenvalue weighted by Gasteiger charge is 2.17. The summed E-state index contributed by atoms with van der Waals surface area (Å²) < 4.78 is 32.9. The van der Waals surface area contributed by atoms with Crippen LogP contribution in [0.5, 0.6) is 5.75 Å². The largest absolute Gasteiger partial charge is 0.484 e. The number of rotatable bonds is 12. The molecule has 6 nitrogen and oxygen atoms in total. The molecular weight excluding hydrogens is 436 g/mol. The van der Waals surface area contributed by atoms with E-state index in [1.807, 2.05) is 67.6 Å². The van der Waals surface area contributed by atoms with Gasteiger partial charge in [-0.2, -0.15) is 0 Å². The van der Waals surface area contributed by atoms with Crippen LogP contribution in [0.1, 0.15) is 30.9 Å². The summed E-state index contributed by atoms with van der Waals surface area (Å²) in [5.41, 5.74) is 2.07. The van der Waals surface area contributed by atoms with Gasteiger partial charge in [0.15, 0.2) is 6.61 Å². The molecule has 0 aliphatic heterocycles. The number of sulfonamides is 1. The first-order chi connectivity index (χ1) is 16.0. The lowest BCUT2D eigenvalue weighted by molar-refractivity contribution is -0.134. The lowest BCUT2D eigenvalue weighted by atomic mass is 10.1. The van der Waals surface area contributed by atoms with Gasteiger partial charge in [-0.1, -0.05) is 74.0 Å². The van der Waals surface area contributed by atoms with Crippen molar-refractivity contribution in [3.05, 3.63) is 96.1 Å². The number of carbonyl (C=O) groups is 1. The number of hydrogen-bond donors (Lipinski definition) is 1. The normalized spacial score (nSPS) is 11.2. The van der Waals surface area contributed by atoms with Gasteiger partial charge in [-0.15, -0.1) is 0 Å². The quantitative estimate of drug-likeness (QED) is 0.402. The van der Waals surface area contributed by atoms with Gasteiger partial charge in [0, 0.05) is 19.6 Å². The predicted octanol–water partition coefficient (Wildman–Crippen LogP) is 4.37. The molecule has 7 heteroatoms. The standard InChI is InChI=1S/C26H30N2O4S/c1-2-3-18-27-33(30,31)25-16-14-24(15-17-25)32-21-26(29)28(19-22-10-6-4-7-11-22)20-23-12-8-5-9-13-23/h4-17,27H,2-3,18-21H2,1H3. The third kappa shape index (κ3) is 7.73. The Morgan fingerprint density at radius 3 is 1.91 bits per heavy atom. The lowest BCUT2D eigenvalue weighted by Gasteiger charge is -2.23. The number of amides is 1. The first-order valence-corrected chi connectivity index (χ1v) is 12.5. The number of nitrogens with zero attached hydrogens (tertiary/aromatic N) is 1. The highest BCUT2D eigenvalue weighted by Crippen LogP contribution is 2.17. The summed E-state index contributed by atoms with van der Waals surface area (Å²) in [6, 6.07) is 25.7. The van der Waals surface area contributed by atoms with Crippen molar-refractivity contribution >= 4 is 15.9 Å². The van der Waals surface area contributed by atoms with Crippen LogP contribution in [0.15, 0.2) is 89.8 Å². The molecule has 0 fully saturated rings. The van der Waals surface area contributed by atoms with Crippen LogP contribution < -0.4 is 9.46 Å². The van der Waals surface area contributed by atoms with Crippen molar-refractivity contribution in [2.24, 2.45) is 0 Å². The Labute approximate surface area is 196 Å². The van der Waals surface area contributed by atoms with Crippen molar-refractivity contribution < 1.29 is 17.9 Å². The van der Waals surface area contributed by atoms with E-state index in [9.17, 15) is 13.2 Å². The van der Waals surface area contributed by atoms with Crippen LogP contribution in [0.25, 0.3) is 0 Å². The van der Waals surface area contributed by atoms with E-state index in [2.05, 4.69) is 4.72 Å². The van der Waals surface area contributed by atoms with Gasteiger partial charge in [0.1, 0.15) is 5.75 Å². The average molecular weight is 467 g/mol.